The standard InChI is InChI=1S/C14H20BrNO2/c1-9(14(17)18-4)10(2)16-11(3)12-7-5-6-8-13(12)15/h5-11,16H,1-4H3/t9?,10?,11-/m0/s1. The Balaban J connectivity index is 2.68. The zero-order valence-corrected chi connectivity index (χ0v) is 12.8. The predicted octanol–water partition coefficient (Wildman–Crippen LogP) is 3.30. The van der Waals surface area contributed by atoms with Crippen LogP contribution in [0.25, 0.3) is 0 Å². The molecule has 0 fully saturated rings. The van der Waals surface area contributed by atoms with Crippen molar-refractivity contribution in [3.63, 3.8) is 0 Å². The molecule has 3 atom stereocenters. The van der Waals surface area contributed by atoms with Crippen LogP contribution in [0.1, 0.15) is 32.4 Å². The zero-order valence-electron chi connectivity index (χ0n) is 11.2. The van der Waals surface area contributed by atoms with Crippen molar-refractivity contribution in [3.05, 3.63) is 34.3 Å². The number of hydrogen-bond donors (Lipinski definition) is 1. The largest absolute Gasteiger partial charge is 0.469 e. The van der Waals surface area contributed by atoms with Crippen LogP contribution in [-0.2, 0) is 9.53 Å². The van der Waals surface area contributed by atoms with Crippen LogP contribution in [0.15, 0.2) is 28.7 Å². The van der Waals surface area contributed by atoms with Gasteiger partial charge in [-0.1, -0.05) is 41.1 Å². The number of ether oxygens (including phenoxy) is 1. The Morgan fingerprint density at radius 2 is 1.89 bits per heavy atom. The van der Waals surface area contributed by atoms with Gasteiger partial charge < -0.3 is 10.1 Å². The maximum Gasteiger partial charge on any atom is 0.309 e. The number of rotatable bonds is 5. The lowest BCUT2D eigenvalue weighted by Gasteiger charge is -2.24. The first-order valence-electron chi connectivity index (χ1n) is 6.05. The van der Waals surface area contributed by atoms with E-state index in [0.29, 0.717) is 0 Å². The monoisotopic (exact) mass is 313 g/mol. The molecule has 0 aliphatic rings. The van der Waals surface area contributed by atoms with Crippen molar-refractivity contribution in [3.8, 4) is 0 Å². The Morgan fingerprint density at radius 1 is 1.28 bits per heavy atom. The first-order chi connectivity index (χ1) is 8.47. The number of esters is 1. The number of benzene rings is 1. The summed E-state index contributed by atoms with van der Waals surface area (Å²) < 4.78 is 5.83. The van der Waals surface area contributed by atoms with Gasteiger partial charge in [-0.2, -0.15) is 0 Å². The topological polar surface area (TPSA) is 38.3 Å². The summed E-state index contributed by atoms with van der Waals surface area (Å²) in [6.07, 6.45) is 0. The number of nitrogens with one attached hydrogen (secondary N) is 1. The van der Waals surface area contributed by atoms with E-state index < -0.39 is 0 Å². The van der Waals surface area contributed by atoms with Gasteiger partial charge in [0.15, 0.2) is 0 Å². The van der Waals surface area contributed by atoms with Crippen molar-refractivity contribution in [1.29, 1.82) is 0 Å². The molecule has 0 aromatic heterocycles. The second-order valence-electron chi connectivity index (χ2n) is 4.51. The zero-order chi connectivity index (χ0) is 13.7. The smallest absolute Gasteiger partial charge is 0.309 e. The highest BCUT2D eigenvalue weighted by Gasteiger charge is 2.22. The molecular formula is C14H20BrNO2. The van der Waals surface area contributed by atoms with E-state index >= 15 is 0 Å². The number of hydrogen-bond acceptors (Lipinski definition) is 3. The summed E-state index contributed by atoms with van der Waals surface area (Å²) in [4.78, 5) is 11.5. The van der Waals surface area contributed by atoms with E-state index in [0.717, 1.165) is 4.47 Å². The van der Waals surface area contributed by atoms with Crippen molar-refractivity contribution in [2.24, 2.45) is 5.92 Å². The first kappa shape index (κ1) is 15.2. The summed E-state index contributed by atoms with van der Waals surface area (Å²) in [6.45, 7) is 5.95. The molecule has 3 nitrogen and oxygen atoms in total. The quantitative estimate of drug-likeness (QED) is 0.848. The predicted molar refractivity (Wildman–Crippen MR) is 76.3 cm³/mol. The van der Waals surface area contributed by atoms with Crippen LogP contribution in [0, 0.1) is 5.92 Å². The normalized spacial score (nSPS) is 15.8. The third kappa shape index (κ3) is 3.82. The SMILES string of the molecule is COC(=O)C(C)C(C)N[C@@H](C)c1ccccc1Br. The molecule has 0 saturated carbocycles. The van der Waals surface area contributed by atoms with Crippen LogP contribution in [-0.4, -0.2) is 19.1 Å². The molecule has 0 heterocycles. The van der Waals surface area contributed by atoms with Crippen LogP contribution in [0.3, 0.4) is 0 Å². The van der Waals surface area contributed by atoms with Crippen molar-refractivity contribution in [1.82, 2.24) is 5.32 Å². The molecule has 0 amide bonds. The highest BCUT2D eigenvalue weighted by molar-refractivity contribution is 9.10. The Bertz CT molecular complexity index is 409. The Kier molecular flexibility index (Phi) is 5.82. The maximum atomic E-state index is 11.5. The Labute approximate surface area is 117 Å². The molecule has 100 valence electrons. The van der Waals surface area contributed by atoms with E-state index in [-0.39, 0.29) is 24.0 Å². The van der Waals surface area contributed by atoms with E-state index in [1.165, 1.54) is 12.7 Å². The Morgan fingerprint density at radius 3 is 2.44 bits per heavy atom. The van der Waals surface area contributed by atoms with Crippen LogP contribution in [0.2, 0.25) is 0 Å². The molecule has 1 rings (SSSR count). The third-order valence-corrected chi connectivity index (χ3v) is 3.93. The number of carbonyl (C=O) groups is 1. The average molecular weight is 314 g/mol. The van der Waals surface area contributed by atoms with Gasteiger partial charge >= 0.3 is 5.97 Å². The van der Waals surface area contributed by atoms with Gasteiger partial charge in [0.2, 0.25) is 0 Å². The third-order valence-electron chi connectivity index (χ3n) is 3.21. The molecule has 0 aliphatic carbocycles. The molecule has 18 heavy (non-hydrogen) atoms. The number of halogens is 1. The fourth-order valence-corrected chi connectivity index (χ4v) is 2.47. The molecular weight excluding hydrogens is 294 g/mol. The van der Waals surface area contributed by atoms with Gasteiger partial charge in [0.25, 0.3) is 0 Å². The van der Waals surface area contributed by atoms with Crippen LogP contribution >= 0.6 is 15.9 Å². The minimum atomic E-state index is -0.186. The highest BCUT2D eigenvalue weighted by atomic mass is 79.9. The van der Waals surface area contributed by atoms with E-state index in [1.807, 2.05) is 32.0 Å². The van der Waals surface area contributed by atoms with Gasteiger partial charge in [-0.15, -0.1) is 0 Å². The molecule has 1 N–H and O–H groups in total. The van der Waals surface area contributed by atoms with Crippen molar-refractivity contribution in [2.45, 2.75) is 32.9 Å². The second-order valence-corrected chi connectivity index (χ2v) is 5.36. The van der Waals surface area contributed by atoms with Crippen LogP contribution in [0.4, 0.5) is 0 Å². The van der Waals surface area contributed by atoms with Gasteiger partial charge in [0.05, 0.1) is 13.0 Å². The maximum absolute atomic E-state index is 11.5. The number of carbonyl (C=O) groups excluding carboxylic acids is 1. The summed E-state index contributed by atoms with van der Waals surface area (Å²) in [6, 6.07) is 8.30. The summed E-state index contributed by atoms with van der Waals surface area (Å²) >= 11 is 3.53. The molecule has 0 radical (unpaired) electrons. The van der Waals surface area contributed by atoms with Gasteiger partial charge in [-0.3, -0.25) is 4.79 Å². The molecule has 2 unspecified atom stereocenters. The van der Waals surface area contributed by atoms with Gasteiger partial charge in [-0.25, -0.2) is 0 Å². The lowest BCUT2D eigenvalue weighted by Crippen LogP contribution is -2.38. The molecule has 1 aromatic carbocycles. The Hall–Kier alpha value is -0.870. The van der Waals surface area contributed by atoms with Gasteiger partial charge in [0.1, 0.15) is 0 Å². The average Bonchev–Trinajstić information content (AvgIpc) is 2.37. The fraction of sp³-hybridized carbons (Fsp3) is 0.500. The van der Waals surface area contributed by atoms with Crippen molar-refractivity contribution >= 4 is 21.9 Å². The highest BCUT2D eigenvalue weighted by Crippen LogP contribution is 2.23. The summed E-state index contributed by atoms with van der Waals surface area (Å²) in [7, 11) is 1.42. The lowest BCUT2D eigenvalue weighted by molar-refractivity contribution is -0.145. The van der Waals surface area contributed by atoms with E-state index in [4.69, 9.17) is 4.74 Å². The fourth-order valence-electron chi connectivity index (χ4n) is 1.84. The molecule has 0 spiro atoms. The molecule has 1 aromatic rings. The van der Waals surface area contributed by atoms with Crippen molar-refractivity contribution < 1.29 is 9.53 Å². The molecule has 0 aliphatic heterocycles. The van der Waals surface area contributed by atoms with E-state index in [9.17, 15) is 4.79 Å². The minimum absolute atomic E-state index is 0.0551. The summed E-state index contributed by atoms with van der Waals surface area (Å²) in [5.41, 5.74) is 1.18. The molecule has 4 heteroatoms. The summed E-state index contributed by atoms with van der Waals surface area (Å²) in [5, 5.41) is 3.42. The lowest BCUT2D eigenvalue weighted by atomic mass is 10.0. The van der Waals surface area contributed by atoms with Crippen molar-refractivity contribution in [2.75, 3.05) is 7.11 Å². The van der Waals surface area contributed by atoms with E-state index in [2.05, 4.69) is 34.2 Å². The number of methoxy groups -OCH3 is 1. The molecule has 0 saturated heterocycles. The first-order valence-corrected chi connectivity index (χ1v) is 6.85. The minimum Gasteiger partial charge on any atom is -0.469 e. The second kappa shape index (κ2) is 6.90. The van der Waals surface area contributed by atoms with Gasteiger partial charge in [0, 0.05) is 16.6 Å². The molecule has 0 bridgehead atoms. The summed E-state index contributed by atoms with van der Waals surface area (Å²) in [5.74, 6) is -0.353. The van der Waals surface area contributed by atoms with Gasteiger partial charge in [-0.05, 0) is 25.5 Å². The van der Waals surface area contributed by atoms with Crippen LogP contribution in [0.5, 0.6) is 0 Å². The van der Waals surface area contributed by atoms with E-state index in [1.54, 1.807) is 0 Å². The van der Waals surface area contributed by atoms with Crippen LogP contribution < -0.4 is 5.32 Å².